The molecule has 4 heteroatoms. The number of ether oxygens (including phenoxy) is 1. The van der Waals surface area contributed by atoms with Crippen LogP contribution >= 0.6 is 0 Å². The quantitative estimate of drug-likeness (QED) is 0.709. The Bertz CT molecular complexity index is 322. The summed E-state index contributed by atoms with van der Waals surface area (Å²) in [5, 5.41) is 7.79. The van der Waals surface area contributed by atoms with E-state index in [0.717, 1.165) is 24.4 Å². The highest BCUT2D eigenvalue weighted by atomic mass is 16.5. The third kappa shape index (κ3) is 3.73. The van der Waals surface area contributed by atoms with Gasteiger partial charge in [-0.25, -0.2) is 0 Å². The van der Waals surface area contributed by atoms with Crippen LogP contribution in [0.15, 0.2) is 6.20 Å². The van der Waals surface area contributed by atoms with Crippen LogP contribution in [-0.2, 0) is 7.05 Å². The third-order valence-electron chi connectivity index (χ3n) is 3.05. The van der Waals surface area contributed by atoms with E-state index in [0.29, 0.717) is 6.04 Å². The Balaban J connectivity index is 2.76. The van der Waals surface area contributed by atoms with Gasteiger partial charge in [0.25, 0.3) is 0 Å². The molecule has 1 unspecified atom stereocenters. The van der Waals surface area contributed by atoms with E-state index in [-0.39, 0.29) is 0 Å². The fraction of sp³-hybridized carbons (Fsp3) is 0.769. The zero-order valence-electron chi connectivity index (χ0n) is 11.5. The van der Waals surface area contributed by atoms with Crippen molar-refractivity contribution < 1.29 is 4.74 Å². The molecular formula is C13H25N3O. The highest BCUT2D eigenvalue weighted by Gasteiger charge is 2.19. The minimum Gasteiger partial charge on any atom is -0.493 e. The molecule has 0 spiro atoms. The highest BCUT2D eigenvalue weighted by molar-refractivity contribution is 5.28. The summed E-state index contributed by atoms with van der Waals surface area (Å²) in [6, 6.07) is 0.342. The van der Waals surface area contributed by atoms with Gasteiger partial charge in [0.2, 0.25) is 0 Å². The fourth-order valence-electron chi connectivity index (χ4n) is 2.16. The van der Waals surface area contributed by atoms with Crippen LogP contribution in [0, 0.1) is 0 Å². The summed E-state index contributed by atoms with van der Waals surface area (Å²) in [5.74, 6) is 0.884. The van der Waals surface area contributed by atoms with Crippen molar-refractivity contribution in [3.63, 3.8) is 0 Å². The summed E-state index contributed by atoms with van der Waals surface area (Å²) in [5.41, 5.74) is 1.16. The SMILES string of the molecule is CCCCCC(NCC)c1c(OC)cnn1C. The van der Waals surface area contributed by atoms with E-state index in [9.17, 15) is 0 Å². The molecule has 0 aliphatic carbocycles. The van der Waals surface area contributed by atoms with Crippen LogP contribution in [0.3, 0.4) is 0 Å². The van der Waals surface area contributed by atoms with Crippen molar-refractivity contribution in [2.75, 3.05) is 13.7 Å². The molecule has 17 heavy (non-hydrogen) atoms. The normalized spacial score (nSPS) is 12.7. The van der Waals surface area contributed by atoms with Gasteiger partial charge >= 0.3 is 0 Å². The molecule has 1 rings (SSSR count). The van der Waals surface area contributed by atoms with Gasteiger partial charge in [-0.15, -0.1) is 0 Å². The van der Waals surface area contributed by atoms with Crippen molar-refractivity contribution in [3.05, 3.63) is 11.9 Å². The summed E-state index contributed by atoms with van der Waals surface area (Å²) in [7, 11) is 3.68. The molecule has 1 N–H and O–H groups in total. The first-order valence-corrected chi connectivity index (χ1v) is 6.53. The predicted molar refractivity (Wildman–Crippen MR) is 70.3 cm³/mol. The average Bonchev–Trinajstić information content (AvgIpc) is 2.69. The van der Waals surface area contributed by atoms with Crippen LogP contribution in [0.2, 0.25) is 0 Å². The number of aryl methyl sites for hydroxylation is 1. The van der Waals surface area contributed by atoms with Crippen molar-refractivity contribution in [1.82, 2.24) is 15.1 Å². The maximum atomic E-state index is 5.38. The maximum Gasteiger partial charge on any atom is 0.161 e. The Labute approximate surface area is 104 Å². The van der Waals surface area contributed by atoms with Crippen molar-refractivity contribution in [2.24, 2.45) is 7.05 Å². The van der Waals surface area contributed by atoms with Crippen LogP contribution in [0.5, 0.6) is 5.75 Å². The molecule has 0 fully saturated rings. The van der Waals surface area contributed by atoms with Gasteiger partial charge in [0.05, 0.1) is 25.0 Å². The average molecular weight is 239 g/mol. The zero-order valence-corrected chi connectivity index (χ0v) is 11.5. The lowest BCUT2D eigenvalue weighted by molar-refractivity contribution is 0.386. The lowest BCUT2D eigenvalue weighted by Crippen LogP contribution is -2.23. The van der Waals surface area contributed by atoms with Crippen molar-refractivity contribution in [2.45, 2.75) is 45.6 Å². The Morgan fingerprint density at radius 2 is 2.18 bits per heavy atom. The molecule has 98 valence electrons. The monoisotopic (exact) mass is 239 g/mol. The number of nitrogens with one attached hydrogen (secondary N) is 1. The van der Waals surface area contributed by atoms with Crippen LogP contribution in [-0.4, -0.2) is 23.4 Å². The lowest BCUT2D eigenvalue weighted by atomic mass is 10.0. The molecule has 0 aliphatic rings. The Morgan fingerprint density at radius 1 is 1.41 bits per heavy atom. The fourth-order valence-corrected chi connectivity index (χ4v) is 2.16. The van der Waals surface area contributed by atoms with Crippen molar-refractivity contribution in [1.29, 1.82) is 0 Å². The maximum absolute atomic E-state index is 5.38. The molecule has 1 aromatic rings. The summed E-state index contributed by atoms with van der Waals surface area (Å²) >= 11 is 0. The first kappa shape index (κ1) is 14.0. The first-order valence-electron chi connectivity index (χ1n) is 6.53. The van der Waals surface area contributed by atoms with Crippen LogP contribution in [0.4, 0.5) is 0 Å². The van der Waals surface area contributed by atoms with E-state index in [2.05, 4.69) is 24.3 Å². The van der Waals surface area contributed by atoms with Gasteiger partial charge in [0.15, 0.2) is 5.75 Å². The molecule has 0 aliphatic heterocycles. The van der Waals surface area contributed by atoms with Gasteiger partial charge in [-0.05, 0) is 13.0 Å². The van der Waals surface area contributed by atoms with Crippen LogP contribution in [0.25, 0.3) is 0 Å². The molecule has 1 aromatic heterocycles. The van der Waals surface area contributed by atoms with Crippen LogP contribution in [0.1, 0.15) is 51.3 Å². The molecule has 0 saturated heterocycles. The Morgan fingerprint density at radius 3 is 2.76 bits per heavy atom. The van der Waals surface area contributed by atoms with Gasteiger partial charge < -0.3 is 10.1 Å². The van der Waals surface area contributed by atoms with E-state index in [1.165, 1.54) is 19.3 Å². The van der Waals surface area contributed by atoms with E-state index < -0.39 is 0 Å². The topological polar surface area (TPSA) is 39.1 Å². The molecule has 0 amide bonds. The Hall–Kier alpha value is -1.03. The molecule has 1 atom stereocenters. The first-order chi connectivity index (χ1) is 8.24. The summed E-state index contributed by atoms with van der Waals surface area (Å²) < 4.78 is 7.29. The zero-order chi connectivity index (χ0) is 12.7. The van der Waals surface area contributed by atoms with Gasteiger partial charge in [0.1, 0.15) is 0 Å². The van der Waals surface area contributed by atoms with E-state index in [1.54, 1.807) is 13.3 Å². The number of unbranched alkanes of at least 4 members (excludes halogenated alkanes) is 2. The number of nitrogens with zero attached hydrogens (tertiary/aromatic N) is 2. The Kier molecular flexibility index (Phi) is 6.05. The van der Waals surface area contributed by atoms with E-state index in [1.807, 2.05) is 11.7 Å². The van der Waals surface area contributed by atoms with Crippen molar-refractivity contribution >= 4 is 0 Å². The number of rotatable bonds is 8. The highest BCUT2D eigenvalue weighted by Crippen LogP contribution is 2.27. The number of hydrogen-bond donors (Lipinski definition) is 1. The molecule has 0 aromatic carbocycles. The molecule has 4 nitrogen and oxygen atoms in total. The summed E-state index contributed by atoms with van der Waals surface area (Å²) in [4.78, 5) is 0. The summed E-state index contributed by atoms with van der Waals surface area (Å²) in [6.07, 6.45) is 6.70. The molecule has 0 saturated carbocycles. The van der Waals surface area contributed by atoms with Gasteiger partial charge in [-0.2, -0.15) is 5.10 Å². The van der Waals surface area contributed by atoms with Crippen LogP contribution < -0.4 is 10.1 Å². The number of methoxy groups -OCH3 is 1. The van der Waals surface area contributed by atoms with E-state index >= 15 is 0 Å². The number of hydrogen-bond acceptors (Lipinski definition) is 3. The van der Waals surface area contributed by atoms with Gasteiger partial charge in [-0.3, -0.25) is 4.68 Å². The molecule has 0 radical (unpaired) electrons. The molecular weight excluding hydrogens is 214 g/mol. The lowest BCUT2D eigenvalue weighted by Gasteiger charge is -2.19. The molecule has 1 heterocycles. The van der Waals surface area contributed by atoms with E-state index in [4.69, 9.17) is 4.74 Å². The third-order valence-corrected chi connectivity index (χ3v) is 3.05. The standard InChI is InChI=1S/C13H25N3O/c1-5-7-8-9-11(14-6-2)13-12(17-4)10-15-16(13)3/h10-11,14H,5-9H2,1-4H3. The second kappa shape index (κ2) is 7.33. The minimum atomic E-state index is 0.342. The predicted octanol–water partition coefficient (Wildman–Crippen LogP) is 2.66. The minimum absolute atomic E-state index is 0.342. The number of aromatic nitrogens is 2. The largest absolute Gasteiger partial charge is 0.493 e. The summed E-state index contributed by atoms with van der Waals surface area (Å²) in [6.45, 7) is 5.33. The van der Waals surface area contributed by atoms with Gasteiger partial charge in [-0.1, -0.05) is 33.1 Å². The smallest absolute Gasteiger partial charge is 0.161 e. The molecule has 0 bridgehead atoms. The second-order valence-electron chi connectivity index (χ2n) is 4.33. The second-order valence-corrected chi connectivity index (χ2v) is 4.33. The van der Waals surface area contributed by atoms with Crippen molar-refractivity contribution in [3.8, 4) is 5.75 Å². The van der Waals surface area contributed by atoms with Gasteiger partial charge in [0, 0.05) is 7.05 Å².